The van der Waals surface area contributed by atoms with E-state index in [9.17, 15) is 19.8 Å². The topological polar surface area (TPSA) is 123 Å². The smallest absolute Gasteiger partial charge is 0.271 e. The van der Waals surface area contributed by atoms with Crippen LogP contribution in [-0.2, 0) is 0 Å². The predicted molar refractivity (Wildman–Crippen MR) is 113 cm³/mol. The lowest BCUT2D eigenvalue weighted by Crippen LogP contribution is -2.19. The van der Waals surface area contributed by atoms with Gasteiger partial charge in [0.15, 0.2) is 0 Å². The zero-order chi connectivity index (χ0) is 21.3. The fourth-order valence-corrected chi connectivity index (χ4v) is 2.42. The van der Waals surface area contributed by atoms with Crippen LogP contribution in [0.1, 0.15) is 31.8 Å². The zero-order valence-electron chi connectivity index (χ0n) is 15.7. The molecule has 0 spiro atoms. The third-order valence-electron chi connectivity index (χ3n) is 4.02. The summed E-state index contributed by atoms with van der Waals surface area (Å²) in [7, 11) is 0. The number of para-hydroxylation sites is 2. The molecule has 8 nitrogen and oxygen atoms in total. The molecule has 2 amide bonds. The van der Waals surface area contributed by atoms with Gasteiger partial charge < -0.3 is 10.2 Å². The summed E-state index contributed by atoms with van der Waals surface area (Å²) in [5.74, 6) is -0.829. The van der Waals surface area contributed by atoms with Gasteiger partial charge in [0.2, 0.25) is 0 Å². The molecule has 0 saturated heterocycles. The molecule has 0 radical (unpaired) electrons. The number of nitrogens with one attached hydrogen (secondary N) is 2. The van der Waals surface area contributed by atoms with E-state index in [-0.39, 0.29) is 11.5 Å². The van der Waals surface area contributed by atoms with E-state index in [1.54, 1.807) is 36.4 Å². The second kappa shape index (κ2) is 9.65. The maximum Gasteiger partial charge on any atom is 0.271 e. The highest BCUT2D eigenvalue weighted by Crippen LogP contribution is 2.13. The molecule has 0 heterocycles. The number of hydrogen-bond acceptors (Lipinski definition) is 6. The van der Waals surface area contributed by atoms with Crippen LogP contribution in [0.5, 0.6) is 11.5 Å². The van der Waals surface area contributed by atoms with Crippen LogP contribution >= 0.6 is 0 Å². The number of hydrazone groups is 2. The molecule has 0 saturated carbocycles. The van der Waals surface area contributed by atoms with E-state index < -0.39 is 11.8 Å². The molecule has 4 N–H and O–H groups in total. The molecule has 0 unspecified atom stereocenters. The van der Waals surface area contributed by atoms with Crippen molar-refractivity contribution in [3.05, 3.63) is 95.1 Å². The summed E-state index contributed by atoms with van der Waals surface area (Å²) in [6.45, 7) is 0. The minimum atomic E-state index is -0.466. The molecule has 0 fully saturated rings. The van der Waals surface area contributed by atoms with Gasteiger partial charge in [-0.2, -0.15) is 10.2 Å². The molecular formula is C22H18N4O4. The molecule has 150 valence electrons. The molecule has 0 aliphatic rings. The first kappa shape index (κ1) is 20.3. The van der Waals surface area contributed by atoms with Crippen LogP contribution in [0, 0.1) is 0 Å². The Bertz CT molecular complexity index is 1020. The quantitative estimate of drug-likeness (QED) is 0.374. The van der Waals surface area contributed by atoms with Crippen molar-refractivity contribution in [2.45, 2.75) is 0 Å². The van der Waals surface area contributed by atoms with Crippen molar-refractivity contribution in [1.29, 1.82) is 0 Å². The van der Waals surface area contributed by atoms with E-state index in [0.29, 0.717) is 22.3 Å². The summed E-state index contributed by atoms with van der Waals surface area (Å²) >= 11 is 0. The molecule has 3 aromatic rings. The van der Waals surface area contributed by atoms with Crippen molar-refractivity contribution in [1.82, 2.24) is 10.9 Å². The number of carbonyl (C=O) groups is 2. The Morgan fingerprint density at radius 2 is 1.00 bits per heavy atom. The molecule has 8 heteroatoms. The van der Waals surface area contributed by atoms with Crippen LogP contribution in [-0.4, -0.2) is 34.5 Å². The van der Waals surface area contributed by atoms with E-state index in [1.807, 2.05) is 0 Å². The Morgan fingerprint density at radius 3 is 1.37 bits per heavy atom. The highest BCUT2D eigenvalue weighted by molar-refractivity contribution is 5.98. The number of carbonyl (C=O) groups excluding carboxylic acids is 2. The van der Waals surface area contributed by atoms with Gasteiger partial charge in [0.25, 0.3) is 11.8 Å². The monoisotopic (exact) mass is 402 g/mol. The second-order valence-corrected chi connectivity index (χ2v) is 6.09. The van der Waals surface area contributed by atoms with E-state index >= 15 is 0 Å². The first-order valence-electron chi connectivity index (χ1n) is 8.87. The highest BCUT2D eigenvalue weighted by atomic mass is 16.3. The molecule has 0 bridgehead atoms. The minimum Gasteiger partial charge on any atom is -0.507 e. The number of aromatic hydroxyl groups is 2. The minimum absolute atomic E-state index is 0.0519. The maximum absolute atomic E-state index is 12.1. The summed E-state index contributed by atoms with van der Waals surface area (Å²) in [6, 6.07) is 19.1. The molecular weight excluding hydrogens is 384 g/mol. The van der Waals surface area contributed by atoms with Gasteiger partial charge in [-0.05, 0) is 48.5 Å². The van der Waals surface area contributed by atoms with Crippen molar-refractivity contribution in [2.24, 2.45) is 10.2 Å². The van der Waals surface area contributed by atoms with Crippen LogP contribution in [0.4, 0.5) is 0 Å². The fourth-order valence-electron chi connectivity index (χ4n) is 2.42. The Balaban J connectivity index is 1.56. The van der Waals surface area contributed by atoms with Crippen molar-refractivity contribution >= 4 is 24.2 Å². The van der Waals surface area contributed by atoms with Gasteiger partial charge in [-0.1, -0.05) is 24.3 Å². The summed E-state index contributed by atoms with van der Waals surface area (Å²) in [5, 5.41) is 26.9. The Hall–Kier alpha value is -4.46. The van der Waals surface area contributed by atoms with Gasteiger partial charge >= 0.3 is 0 Å². The van der Waals surface area contributed by atoms with E-state index in [4.69, 9.17) is 0 Å². The molecule has 3 rings (SSSR count). The van der Waals surface area contributed by atoms with Crippen molar-refractivity contribution < 1.29 is 19.8 Å². The average molecular weight is 402 g/mol. The Kier molecular flexibility index (Phi) is 6.52. The van der Waals surface area contributed by atoms with Gasteiger partial charge in [-0.15, -0.1) is 0 Å². The Morgan fingerprint density at radius 1 is 0.633 bits per heavy atom. The van der Waals surface area contributed by atoms with Gasteiger partial charge in [0.1, 0.15) is 11.5 Å². The van der Waals surface area contributed by atoms with Crippen molar-refractivity contribution in [3.8, 4) is 11.5 Å². The molecule has 0 aliphatic carbocycles. The zero-order valence-corrected chi connectivity index (χ0v) is 15.7. The van der Waals surface area contributed by atoms with Crippen LogP contribution in [0.25, 0.3) is 0 Å². The van der Waals surface area contributed by atoms with Crippen LogP contribution in [0.2, 0.25) is 0 Å². The third-order valence-corrected chi connectivity index (χ3v) is 4.02. The maximum atomic E-state index is 12.1. The highest BCUT2D eigenvalue weighted by Gasteiger charge is 2.08. The first-order chi connectivity index (χ1) is 14.5. The van der Waals surface area contributed by atoms with E-state index in [1.165, 1.54) is 48.8 Å². The van der Waals surface area contributed by atoms with Gasteiger partial charge in [0, 0.05) is 22.3 Å². The number of phenols is 2. The lowest BCUT2D eigenvalue weighted by atomic mass is 10.1. The standard InChI is InChI=1S/C22H18N4O4/c27-19-7-3-1-5-17(19)13-23-25-21(29)15-9-11-16(12-10-15)22(30)26-24-14-18-6-2-4-8-20(18)28/h1-14,27-28H,(H,25,29)(H,26,30)/b23-13+,24-14+. The second-order valence-electron chi connectivity index (χ2n) is 6.09. The number of hydrogen-bond donors (Lipinski definition) is 4. The first-order valence-corrected chi connectivity index (χ1v) is 8.87. The number of phenolic OH excluding ortho intramolecular Hbond substituents is 2. The summed E-state index contributed by atoms with van der Waals surface area (Å²) < 4.78 is 0. The van der Waals surface area contributed by atoms with Crippen LogP contribution < -0.4 is 10.9 Å². The van der Waals surface area contributed by atoms with E-state index in [2.05, 4.69) is 21.1 Å². The number of rotatable bonds is 6. The number of amides is 2. The van der Waals surface area contributed by atoms with Crippen molar-refractivity contribution in [2.75, 3.05) is 0 Å². The normalized spacial score (nSPS) is 10.9. The number of nitrogens with zero attached hydrogens (tertiary/aromatic N) is 2. The third kappa shape index (κ3) is 5.29. The molecule has 30 heavy (non-hydrogen) atoms. The van der Waals surface area contributed by atoms with Gasteiger partial charge in [-0.25, -0.2) is 10.9 Å². The van der Waals surface area contributed by atoms with E-state index in [0.717, 1.165) is 0 Å². The molecule has 0 aliphatic heterocycles. The van der Waals surface area contributed by atoms with Gasteiger partial charge in [-0.3, -0.25) is 9.59 Å². The largest absolute Gasteiger partial charge is 0.507 e. The SMILES string of the molecule is O=C(N/N=C/c1ccccc1O)c1ccc(C(=O)N/N=C/c2ccccc2O)cc1. The fraction of sp³-hybridized carbons (Fsp3) is 0. The number of benzene rings is 3. The molecule has 3 aromatic carbocycles. The summed E-state index contributed by atoms with van der Waals surface area (Å²) in [6.07, 6.45) is 2.66. The predicted octanol–water partition coefficient (Wildman–Crippen LogP) is 2.63. The summed E-state index contributed by atoms with van der Waals surface area (Å²) in [4.78, 5) is 24.3. The molecule has 0 atom stereocenters. The van der Waals surface area contributed by atoms with Crippen molar-refractivity contribution in [3.63, 3.8) is 0 Å². The van der Waals surface area contributed by atoms with Crippen LogP contribution in [0.15, 0.2) is 83.0 Å². The van der Waals surface area contributed by atoms with Gasteiger partial charge in [0.05, 0.1) is 12.4 Å². The lowest BCUT2D eigenvalue weighted by molar-refractivity contribution is 0.0943. The van der Waals surface area contributed by atoms with Crippen LogP contribution in [0.3, 0.4) is 0 Å². The lowest BCUT2D eigenvalue weighted by Gasteiger charge is -2.03. The Labute approximate surface area is 172 Å². The summed E-state index contributed by atoms with van der Waals surface area (Å²) in [5.41, 5.74) is 6.25. The average Bonchev–Trinajstić information content (AvgIpc) is 2.76. The molecule has 0 aromatic heterocycles.